The number of benzene rings is 1. The third-order valence-electron chi connectivity index (χ3n) is 5.04. The number of aromatic nitrogens is 1. The summed E-state index contributed by atoms with van der Waals surface area (Å²) in [7, 11) is 0. The lowest BCUT2D eigenvalue weighted by Crippen LogP contribution is -2.43. The molecular weight excluding hydrogens is 516 g/mol. The first-order valence-corrected chi connectivity index (χ1v) is 9.62. The van der Waals surface area contributed by atoms with Gasteiger partial charge in [0.25, 0.3) is 24.2 Å². The van der Waals surface area contributed by atoms with E-state index in [1.807, 2.05) is 0 Å². The first-order chi connectivity index (χ1) is 16.7. The molecule has 0 bridgehead atoms. The van der Waals surface area contributed by atoms with Crippen molar-refractivity contribution in [3.05, 3.63) is 47.4 Å². The molecule has 4 rings (SSSR count). The Morgan fingerprint density at radius 3 is 2.39 bits per heavy atom. The zero-order chi connectivity index (χ0) is 27.0. The quantitative estimate of drug-likeness (QED) is 0.499. The van der Waals surface area contributed by atoms with Gasteiger partial charge in [0, 0.05) is 17.2 Å². The number of nitrogens with one attached hydrogen (secondary N) is 1. The molecule has 1 aromatic carbocycles. The number of fused-ring (bicyclic) bond motifs is 1. The number of oxazole rings is 1. The van der Waals surface area contributed by atoms with E-state index in [9.17, 15) is 39.9 Å². The maximum absolute atomic E-state index is 14.5. The van der Waals surface area contributed by atoms with Gasteiger partial charge < -0.3 is 25.3 Å². The molecule has 2 aromatic rings. The molecular formula is C19H14F8N4O5. The van der Waals surface area contributed by atoms with Gasteiger partial charge in [-0.25, -0.2) is 27.9 Å². The molecule has 36 heavy (non-hydrogen) atoms. The van der Waals surface area contributed by atoms with Gasteiger partial charge in [-0.15, -0.1) is 0 Å². The maximum Gasteiger partial charge on any atom is 0.490 e. The van der Waals surface area contributed by atoms with Gasteiger partial charge in [0.2, 0.25) is 0 Å². The van der Waals surface area contributed by atoms with E-state index >= 15 is 0 Å². The van der Waals surface area contributed by atoms with Crippen LogP contribution in [0.25, 0.3) is 0 Å². The van der Waals surface area contributed by atoms with E-state index < -0.39 is 77.5 Å². The molecule has 196 valence electrons. The minimum Gasteiger partial charge on any atom is -0.475 e. The molecule has 0 saturated heterocycles. The Morgan fingerprint density at radius 2 is 1.86 bits per heavy atom. The van der Waals surface area contributed by atoms with E-state index in [0.717, 1.165) is 24.5 Å². The predicted octanol–water partition coefficient (Wildman–Crippen LogP) is 3.83. The fourth-order valence-corrected chi connectivity index (χ4v) is 3.40. The molecule has 3 atom stereocenters. The lowest BCUT2D eigenvalue weighted by atomic mass is 9.84. The third-order valence-corrected chi connectivity index (χ3v) is 5.04. The maximum atomic E-state index is 14.5. The van der Waals surface area contributed by atoms with Crippen molar-refractivity contribution in [1.29, 1.82) is 0 Å². The van der Waals surface area contributed by atoms with Crippen LogP contribution < -0.4 is 11.1 Å². The highest BCUT2D eigenvalue weighted by Gasteiger charge is 2.64. The van der Waals surface area contributed by atoms with Gasteiger partial charge in [-0.05, 0) is 24.6 Å². The second-order valence-corrected chi connectivity index (χ2v) is 7.40. The van der Waals surface area contributed by atoms with E-state index in [1.54, 1.807) is 0 Å². The first-order valence-electron chi connectivity index (χ1n) is 9.62. The molecule has 1 aliphatic heterocycles. The zero-order valence-corrected chi connectivity index (χ0v) is 17.4. The van der Waals surface area contributed by atoms with Gasteiger partial charge in [-0.2, -0.15) is 22.0 Å². The molecule has 1 saturated carbocycles. The number of nitrogens with zero attached hydrogens (tertiary/aromatic N) is 2. The number of carboxylic acids is 1. The van der Waals surface area contributed by atoms with Crippen molar-refractivity contribution in [3.8, 4) is 0 Å². The number of halogens is 8. The van der Waals surface area contributed by atoms with Gasteiger partial charge >= 0.3 is 18.6 Å². The van der Waals surface area contributed by atoms with Crippen LogP contribution in [-0.2, 0) is 15.1 Å². The Hall–Kier alpha value is -3.92. The van der Waals surface area contributed by atoms with Crippen molar-refractivity contribution < 1.29 is 59.0 Å². The molecule has 1 amide bonds. The van der Waals surface area contributed by atoms with Gasteiger partial charge in [-0.3, -0.25) is 4.79 Å². The summed E-state index contributed by atoms with van der Waals surface area (Å²) in [5.41, 5.74) is 2.26. The Morgan fingerprint density at radius 1 is 1.22 bits per heavy atom. The number of nitrogens with two attached hydrogens (primary N) is 1. The van der Waals surface area contributed by atoms with Crippen molar-refractivity contribution >= 4 is 23.6 Å². The number of alkyl halides is 7. The van der Waals surface area contributed by atoms with Crippen LogP contribution in [0.3, 0.4) is 0 Å². The van der Waals surface area contributed by atoms with Gasteiger partial charge in [-0.1, -0.05) is 0 Å². The van der Waals surface area contributed by atoms with Crippen LogP contribution in [0.4, 0.5) is 40.8 Å². The number of carbonyl (C=O) groups excluding carboxylic acids is 1. The van der Waals surface area contributed by atoms with Crippen molar-refractivity contribution in [2.45, 2.75) is 37.1 Å². The van der Waals surface area contributed by atoms with E-state index in [-0.39, 0.29) is 12.1 Å². The third kappa shape index (κ3) is 5.33. The topological polar surface area (TPSA) is 140 Å². The number of aliphatic carboxylic acids is 1. The van der Waals surface area contributed by atoms with Gasteiger partial charge in [0.1, 0.15) is 18.2 Å². The normalized spacial score (nSPS) is 22.7. The van der Waals surface area contributed by atoms with E-state index in [1.165, 1.54) is 0 Å². The molecule has 1 aliphatic carbocycles. The molecule has 2 aliphatic rings. The fraction of sp³-hybridized carbons (Fsp3) is 0.368. The van der Waals surface area contributed by atoms with Crippen LogP contribution in [-0.4, -0.2) is 46.7 Å². The van der Waals surface area contributed by atoms with Crippen molar-refractivity contribution in [2.75, 3.05) is 5.32 Å². The molecule has 0 radical (unpaired) electrons. The summed E-state index contributed by atoms with van der Waals surface area (Å²) in [5, 5.41) is 9.41. The SMILES string of the molecule is NC1=N[C@@](c2cc(NC(=O)c3coc(C(F)F)n3)ccc2F)(C(F)F)[C@H]2C[C@H]2O1.O=C(O)C(F)(F)F. The highest BCUT2D eigenvalue weighted by Crippen LogP contribution is 2.56. The van der Waals surface area contributed by atoms with Crippen LogP contribution >= 0.6 is 0 Å². The van der Waals surface area contributed by atoms with Gasteiger partial charge in [0.05, 0.1) is 0 Å². The number of carbonyl (C=O) groups is 2. The van der Waals surface area contributed by atoms with Crippen LogP contribution in [0.15, 0.2) is 33.9 Å². The monoisotopic (exact) mass is 530 g/mol. The number of amidine groups is 1. The number of hydrogen-bond acceptors (Lipinski definition) is 7. The second kappa shape index (κ2) is 9.62. The standard InChI is InChI=1S/C17H13F5N4O3.C2HF3O2/c18-9-2-1-6(24-13(27)10-5-28-14(25-10)12(19)20)3-7(9)17(15(21)22)8-4-11(8)29-16(23)26-17;3-2(4,5)1(6)7/h1-3,5,8,11-12,15H,4H2,(H2,23,26)(H,24,27);(H,6,7)/t8-,11+,17+;/m0./s1. The molecule has 17 heteroatoms. The van der Waals surface area contributed by atoms with Crippen molar-refractivity contribution in [2.24, 2.45) is 16.6 Å². The van der Waals surface area contributed by atoms with Crippen LogP contribution in [0.2, 0.25) is 0 Å². The first kappa shape index (κ1) is 26.7. The van der Waals surface area contributed by atoms with E-state index in [2.05, 4.69) is 19.7 Å². The molecule has 9 nitrogen and oxygen atoms in total. The molecule has 2 heterocycles. The summed E-state index contributed by atoms with van der Waals surface area (Å²) < 4.78 is 109. The lowest BCUT2D eigenvalue weighted by molar-refractivity contribution is -0.192. The average molecular weight is 530 g/mol. The molecule has 1 aromatic heterocycles. The van der Waals surface area contributed by atoms with E-state index in [0.29, 0.717) is 0 Å². The van der Waals surface area contributed by atoms with Crippen molar-refractivity contribution in [3.63, 3.8) is 0 Å². The van der Waals surface area contributed by atoms with E-state index in [4.69, 9.17) is 20.4 Å². The average Bonchev–Trinajstić information content (AvgIpc) is 3.37. The Balaban J connectivity index is 0.000000454. The zero-order valence-electron chi connectivity index (χ0n) is 17.4. The van der Waals surface area contributed by atoms with Gasteiger partial charge in [0.15, 0.2) is 11.2 Å². The largest absolute Gasteiger partial charge is 0.490 e. The Kier molecular flexibility index (Phi) is 7.13. The lowest BCUT2D eigenvalue weighted by Gasteiger charge is -2.33. The molecule has 4 N–H and O–H groups in total. The fourth-order valence-electron chi connectivity index (χ4n) is 3.40. The summed E-state index contributed by atoms with van der Waals surface area (Å²) >= 11 is 0. The number of amides is 1. The minimum absolute atomic E-state index is 0.0644. The molecule has 1 fully saturated rings. The summed E-state index contributed by atoms with van der Waals surface area (Å²) in [5.74, 6) is -6.39. The highest BCUT2D eigenvalue weighted by molar-refractivity contribution is 6.02. The van der Waals surface area contributed by atoms with Crippen LogP contribution in [0.5, 0.6) is 0 Å². The number of hydrogen-bond donors (Lipinski definition) is 3. The number of rotatable bonds is 5. The van der Waals surface area contributed by atoms with Crippen LogP contribution in [0.1, 0.15) is 34.8 Å². The summed E-state index contributed by atoms with van der Waals surface area (Å²) in [4.78, 5) is 28.1. The predicted molar refractivity (Wildman–Crippen MR) is 102 cm³/mol. The number of ether oxygens (including phenoxy) is 1. The summed E-state index contributed by atoms with van der Waals surface area (Å²) in [6.45, 7) is 0. The Labute approximate surface area is 194 Å². The van der Waals surface area contributed by atoms with Crippen molar-refractivity contribution in [1.82, 2.24) is 4.98 Å². The number of anilines is 1. The van der Waals surface area contributed by atoms with Crippen LogP contribution in [0, 0.1) is 11.7 Å². The smallest absolute Gasteiger partial charge is 0.475 e. The Bertz CT molecular complexity index is 1180. The highest BCUT2D eigenvalue weighted by atomic mass is 19.4. The summed E-state index contributed by atoms with van der Waals surface area (Å²) in [6.07, 6.45) is -10.8. The molecule has 0 unspecified atom stereocenters. The second-order valence-electron chi connectivity index (χ2n) is 7.40. The summed E-state index contributed by atoms with van der Waals surface area (Å²) in [6, 6.07) is 2.55. The molecule has 0 spiro atoms. The minimum atomic E-state index is -5.08. The number of carboxylic acid groups (broad SMARTS) is 1. The number of aliphatic imine (C=N–C) groups is 1.